The summed E-state index contributed by atoms with van der Waals surface area (Å²) in [6.07, 6.45) is 6.06. The Balaban J connectivity index is 1.89. The van der Waals surface area contributed by atoms with Crippen molar-refractivity contribution in [2.45, 2.75) is 32.6 Å². The Morgan fingerprint density at radius 1 is 1.00 bits per heavy atom. The smallest absolute Gasteiger partial charge is 0.00379 e. The van der Waals surface area contributed by atoms with E-state index in [4.69, 9.17) is 0 Å². The van der Waals surface area contributed by atoms with Crippen molar-refractivity contribution in [3.63, 3.8) is 0 Å². The highest BCUT2D eigenvalue weighted by molar-refractivity contribution is 5.13. The van der Waals surface area contributed by atoms with E-state index in [9.17, 15) is 0 Å². The lowest BCUT2D eigenvalue weighted by molar-refractivity contribution is 0.0574. The van der Waals surface area contributed by atoms with Gasteiger partial charge in [0.1, 0.15) is 0 Å². The van der Waals surface area contributed by atoms with Gasteiger partial charge in [0.15, 0.2) is 0 Å². The summed E-state index contributed by atoms with van der Waals surface area (Å²) in [5.41, 5.74) is 1.56. The van der Waals surface area contributed by atoms with Crippen molar-refractivity contribution in [3.05, 3.63) is 0 Å². The maximum atomic E-state index is 2.58. The first-order valence-electron chi connectivity index (χ1n) is 5.36. The molecule has 0 aromatic carbocycles. The third-order valence-electron chi connectivity index (χ3n) is 4.79. The number of nitrogens with zero attached hydrogens (tertiary/aromatic N) is 1. The predicted octanol–water partition coefficient (Wildman–Crippen LogP) is 2.13. The molecule has 0 atom stereocenters. The highest BCUT2D eigenvalue weighted by atomic mass is 15.1. The molecule has 3 aliphatic rings. The van der Waals surface area contributed by atoms with E-state index in [1.807, 2.05) is 0 Å². The van der Waals surface area contributed by atoms with Gasteiger partial charge >= 0.3 is 0 Å². The van der Waals surface area contributed by atoms with E-state index in [-0.39, 0.29) is 0 Å². The summed E-state index contributed by atoms with van der Waals surface area (Å²) in [5.74, 6) is 1.03. The van der Waals surface area contributed by atoms with Crippen molar-refractivity contribution in [1.82, 2.24) is 4.90 Å². The lowest BCUT2D eigenvalue weighted by Gasteiger charge is -2.42. The number of rotatable bonds is 0. The summed E-state index contributed by atoms with van der Waals surface area (Å²) < 4.78 is 0. The molecule has 3 fully saturated rings. The van der Waals surface area contributed by atoms with Crippen LogP contribution in [0.15, 0.2) is 0 Å². The van der Waals surface area contributed by atoms with Gasteiger partial charge in [-0.3, -0.25) is 0 Å². The van der Waals surface area contributed by atoms with Crippen molar-refractivity contribution >= 4 is 0 Å². The van der Waals surface area contributed by atoms with Crippen LogP contribution in [-0.4, -0.2) is 25.0 Å². The molecule has 0 bridgehead atoms. The second-order valence-electron chi connectivity index (χ2n) is 5.62. The molecule has 0 N–H and O–H groups in total. The van der Waals surface area contributed by atoms with Crippen molar-refractivity contribution in [2.75, 3.05) is 20.1 Å². The summed E-state index contributed by atoms with van der Waals surface area (Å²) in [6.45, 7) is 5.29. The van der Waals surface area contributed by atoms with Crippen LogP contribution in [0, 0.1) is 16.7 Å². The topological polar surface area (TPSA) is 3.24 Å². The molecule has 0 aromatic heterocycles. The zero-order chi connectivity index (χ0) is 8.40. The molecule has 2 saturated carbocycles. The van der Waals surface area contributed by atoms with Gasteiger partial charge in [-0.25, -0.2) is 0 Å². The zero-order valence-corrected chi connectivity index (χ0v) is 8.27. The SMILES string of the molecule is CC1C2(CC2)CN(C)CC12CC2. The zero-order valence-electron chi connectivity index (χ0n) is 8.27. The predicted molar refractivity (Wildman–Crippen MR) is 50.0 cm³/mol. The molecule has 2 spiro atoms. The van der Waals surface area contributed by atoms with Crippen LogP contribution in [0.25, 0.3) is 0 Å². The van der Waals surface area contributed by atoms with E-state index < -0.39 is 0 Å². The molecule has 68 valence electrons. The maximum absolute atomic E-state index is 2.58. The van der Waals surface area contributed by atoms with Crippen LogP contribution in [0.4, 0.5) is 0 Å². The van der Waals surface area contributed by atoms with E-state index in [2.05, 4.69) is 18.9 Å². The van der Waals surface area contributed by atoms with Crippen molar-refractivity contribution in [1.29, 1.82) is 0 Å². The van der Waals surface area contributed by atoms with Crippen LogP contribution in [0.2, 0.25) is 0 Å². The molecule has 1 saturated heterocycles. The molecule has 2 aliphatic carbocycles. The van der Waals surface area contributed by atoms with Gasteiger partial charge in [-0.1, -0.05) is 6.92 Å². The standard InChI is InChI=1S/C11H19N/c1-9-10(3-4-10)7-12(2)8-11(9)5-6-11/h9H,3-8H2,1-2H3. The molecule has 0 unspecified atom stereocenters. The Hall–Kier alpha value is -0.0400. The first-order chi connectivity index (χ1) is 5.67. The van der Waals surface area contributed by atoms with E-state index in [1.165, 1.54) is 38.8 Å². The van der Waals surface area contributed by atoms with Gasteiger partial charge in [-0.2, -0.15) is 0 Å². The van der Waals surface area contributed by atoms with Gasteiger partial charge in [0.05, 0.1) is 0 Å². The van der Waals surface area contributed by atoms with Crippen LogP contribution in [0.1, 0.15) is 32.6 Å². The average Bonchev–Trinajstić information content (AvgIpc) is 2.85. The van der Waals surface area contributed by atoms with E-state index >= 15 is 0 Å². The van der Waals surface area contributed by atoms with Crippen molar-refractivity contribution in [2.24, 2.45) is 16.7 Å². The van der Waals surface area contributed by atoms with Crippen LogP contribution in [0.3, 0.4) is 0 Å². The lowest BCUT2D eigenvalue weighted by Crippen LogP contribution is -2.45. The van der Waals surface area contributed by atoms with Crippen LogP contribution >= 0.6 is 0 Å². The summed E-state index contributed by atoms with van der Waals surface area (Å²) in [4.78, 5) is 2.58. The maximum Gasteiger partial charge on any atom is 0.00379 e. The van der Waals surface area contributed by atoms with E-state index in [1.54, 1.807) is 0 Å². The Morgan fingerprint density at radius 3 is 1.75 bits per heavy atom. The Bertz CT molecular complexity index is 191. The van der Waals surface area contributed by atoms with Crippen LogP contribution in [-0.2, 0) is 0 Å². The highest BCUT2D eigenvalue weighted by Crippen LogP contribution is 2.67. The summed E-state index contributed by atoms with van der Waals surface area (Å²) >= 11 is 0. The second-order valence-corrected chi connectivity index (χ2v) is 5.62. The fourth-order valence-corrected chi connectivity index (χ4v) is 3.56. The molecule has 1 aliphatic heterocycles. The van der Waals surface area contributed by atoms with Gasteiger partial charge in [-0.05, 0) is 49.5 Å². The summed E-state index contributed by atoms with van der Waals surface area (Å²) in [5, 5.41) is 0. The van der Waals surface area contributed by atoms with Gasteiger partial charge in [0.2, 0.25) is 0 Å². The molecular weight excluding hydrogens is 146 g/mol. The lowest BCUT2D eigenvalue weighted by atomic mass is 9.74. The van der Waals surface area contributed by atoms with Crippen molar-refractivity contribution < 1.29 is 0 Å². The quantitative estimate of drug-likeness (QED) is 0.531. The number of hydrogen-bond acceptors (Lipinski definition) is 1. The minimum atomic E-state index is 0.781. The van der Waals surface area contributed by atoms with Gasteiger partial charge < -0.3 is 4.90 Å². The van der Waals surface area contributed by atoms with E-state index in [0.717, 1.165) is 16.7 Å². The molecule has 0 amide bonds. The minimum Gasteiger partial charge on any atom is -0.305 e. The second kappa shape index (κ2) is 1.89. The summed E-state index contributed by atoms with van der Waals surface area (Å²) in [7, 11) is 2.31. The number of likely N-dealkylation sites (tertiary alicyclic amines) is 1. The molecule has 0 aromatic rings. The first-order valence-corrected chi connectivity index (χ1v) is 5.36. The molecule has 1 heterocycles. The normalized spacial score (nSPS) is 37.5. The fraction of sp³-hybridized carbons (Fsp3) is 1.00. The molecule has 3 rings (SSSR count). The highest BCUT2D eigenvalue weighted by Gasteiger charge is 2.62. The Morgan fingerprint density at radius 2 is 1.42 bits per heavy atom. The van der Waals surface area contributed by atoms with Crippen LogP contribution in [0.5, 0.6) is 0 Å². The van der Waals surface area contributed by atoms with E-state index in [0.29, 0.717) is 0 Å². The van der Waals surface area contributed by atoms with Gasteiger partial charge in [0.25, 0.3) is 0 Å². The monoisotopic (exact) mass is 165 g/mol. The third-order valence-corrected chi connectivity index (χ3v) is 4.79. The Kier molecular flexibility index (Phi) is 1.16. The molecule has 0 radical (unpaired) electrons. The van der Waals surface area contributed by atoms with Crippen LogP contribution < -0.4 is 0 Å². The third kappa shape index (κ3) is 0.783. The van der Waals surface area contributed by atoms with Gasteiger partial charge in [-0.15, -0.1) is 0 Å². The average molecular weight is 165 g/mol. The number of hydrogen-bond donors (Lipinski definition) is 0. The first kappa shape index (κ1) is 7.37. The summed E-state index contributed by atoms with van der Waals surface area (Å²) in [6, 6.07) is 0. The Labute approximate surface area is 75.1 Å². The van der Waals surface area contributed by atoms with Gasteiger partial charge in [0, 0.05) is 13.1 Å². The molecule has 1 nitrogen and oxygen atoms in total. The molecule has 12 heavy (non-hydrogen) atoms. The number of piperidine rings is 1. The molecular formula is C11H19N. The minimum absolute atomic E-state index is 0.781. The molecule has 1 heteroatoms. The fourth-order valence-electron chi connectivity index (χ4n) is 3.56. The van der Waals surface area contributed by atoms with Crippen molar-refractivity contribution in [3.8, 4) is 0 Å². The largest absolute Gasteiger partial charge is 0.305 e.